The molecule has 0 spiro atoms. The highest BCUT2D eigenvalue weighted by Gasteiger charge is 2.13. The Bertz CT molecular complexity index is 439. The van der Waals surface area contributed by atoms with Crippen molar-refractivity contribution in [3.8, 4) is 0 Å². The van der Waals surface area contributed by atoms with E-state index in [4.69, 9.17) is 11.1 Å². The third-order valence-electron chi connectivity index (χ3n) is 1.95. The summed E-state index contributed by atoms with van der Waals surface area (Å²) >= 11 is 0. The Labute approximate surface area is 91.7 Å². The number of hydroxylamine groups is 2. The van der Waals surface area contributed by atoms with Crippen molar-refractivity contribution in [2.45, 2.75) is 6.92 Å². The van der Waals surface area contributed by atoms with Gasteiger partial charge in [0.15, 0.2) is 5.84 Å². The summed E-state index contributed by atoms with van der Waals surface area (Å²) in [6.45, 7) is 1.13. The Morgan fingerprint density at radius 3 is 2.06 bits per heavy atom. The van der Waals surface area contributed by atoms with Crippen molar-refractivity contribution < 1.29 is 14.8 Å². The van der Waals surface area contributed by atoms with E-state index in [1.54, 1.807) is 0 Å². The zero-order valence-electron chi connectivity index (χ0n) is 8.60. The van der Waals surface area contributed by atoms with E-state index in [1.807, 2.05) is 0 Å². The Kier molecular flexibility index (Phi) is 3.37. The van der Waals surface area contributed by atoms with Gasteiger partial charge in [-0.15, -0.1) is 0 Å². The van der Waals surface area contributed by atoms with Crippen LogP contribution >= 0.6 is 0 Å². The number of carbonyl (C=O) groups excluding carboxylic acids is 2. The van der Waals surface area contributed by atoms with Crippen molar-refractivity contribution in [2.75, 3.05) is 0 Å². The predicted molar refractivity (Wildman–Crippen MR) is 56.1 cm³/mol. The number of hydrogen-bond acceptors (Lipinski definition) is 4. The van der Waals surface area contributed by atoms with E-state index in [0.29, 0.717) is 11.1 Å². The fraction of sp³-hybridized carbons (Fsp3) is 0.100. The molecule has 0 aromatic heterocycles. The van der Waals surface area contributed by atoms with E-state index in [2.05, 4.69) is 0 Å². The molecule has 0 bridgehead atoms. The first-order chi connectivity index (χ1) is 7.43. The van der Waals surface area contributed by atoms with Crippen molar-refractivity contribution in [1.82, 2.24) is 5.06 Å². The largest absolute Gasteiger partial charge is 0.366 e. The molecule has 1 aromatic carbocycles. The molecule has 1 aromatic rings. The molecule has 0 heterocycles. The molecule has 0 unspecified atom stereocenters. The summed E-state index contributed by atoms with van der Waals surface area (Å²) in [7, 11) is 0. The van der Waals surface area contributed by atoms with Gasteiger partial charge in [0.1, 0.15) is 0 Å². The summed E-state index contributed by atoms with van der Waals surface area (Å²) in [6, 6.07) is 5.68. The van der Waals surface area contributed by atoms with Crippen molar-refractivity contribution in [2.24, 2.45) is 5.73 Å². The molecule has 0 saturated heterocycles. The number of rotatable bonds is 2. The lowest BCUT2D eigenvalue weighted by Gasteiger charge is -2.13. The third kappa shape index (κ3) is 2.43. The molecule has 0 aliphatic carbocycles. The van der Waals surface area contributed by atoms with Crippen LogP contribution in [0.3, 0.4) is 0 Å². The second-order valence-electron chi connectivity index (χ2n) is 3.12. The van der Waals surface area contributed by atoms with E-state index in [-0.39, 0.29) is 10.9 Å². The molecule has 0 atom stereocenters. The summed E-state index contributed by atoms with van der Waals surface area (Å²) in [4.78, 5) is 21.6. The maximum absolute atomic E-state index is 10.8. The number of carbonyl (C=O) groups is 2. The summed E-state index contributed by atoms with van der Waals surface area (Å²) in [6.07, 6.45) is 0. The first-order valence-electron chi connectivity index (χ1n) is 4.42. The zero-order valence-corrected chi connectivity index (χ0v) is 8.60. The van der Waals surface area contributed by atoms with Crippen LogP contribution in [0.4, 0.5) is 0 Å². The van der Waals surface area contributed by atoms with Crippen LogP contribution in [-0.4, -0.2) is 27.9 Å². The van der Waals surface area contributed by atoms with Crippen LogP contribution in [0, 0.1) is 5.41 Å². The summed E-state index contributed by atoms with van der Waals surface area (Å²) < 4.78 is 0. The summed E-state index contributed by atoms with van der Waals surface area (Å²) in [5.41, 5.74) is 5.64. The lowest BCUT2D eigenvalue weighted by atomic mass is 10.1. The average molecular weight is 221 g/mol. The van der Waals surface area contributed by atoms with Crippen LogP contribution in [0.1, 0.15) is 22.8 Å². The fourth-order valence-electron chi connectivity index (χ4n) is 1.07. The molecular weight excluding hydrogens is 210 g/mol. The second-order valence-corrected chi connectivity index (χ2v) is 3.12. The van der Waals surface area contributed by atoms with Crippen molar-refractivity contribution >= 4 is 17.6 Å². The predicted octanol–water partition coefficient (Wildman–Crippen LogP) is 0.349. The molecule has 16 heavy (non-hydrogen) atoms. The van der Waals surface area contributed by atoms with Gasteiger partial charge in [0.05, 0.1) is 0 Å². The van der Waals surface area contributed by atoms with Crippen LogP contribution in [0.2, 0.25) is 0 Å². The zero-order chi connectivity index (χ0) is 12.3. The molecule has 4 N–H and O–H groups in total. The van der Waals surface area contributed by atoms with Crippen molar-refractivity contribution in [1.29, 1.82) is 5.41 Å². The molecule has 1 rings (SSSR count). The average Bonchev–Trinajstić information content (AvgIpc) is 2.27. The summed E-state index contributed by atoms with van der Waals surface area (Å²) in [5.74, 6) is -1.60. The SMILES string of the molecule is CC(=O)N(O)C(=N)c1ccc(C(N)=O)cc1. The third-order valence-corrected chi connectivity index (χ3v) is 1.95. The van der Waals surface area contributed by atoms with Crippen LogP contribution in [0.15, 0.2) is 24.3 Å². The molecule has 6 heteroatoms. The number of hydrogen-bond donors (Lipinski definition) is 3. The minimum absolute atomic E-state index is 0.222. The minimum atomic E-state index is -0.663. The molecule has 0 saturated carbocycles. The Hall–Kier alpha value is -2.21. The minimum Gasteiger partial charge on any atom is -0.366 e. The van der Waals surface area contributed by atoms with Crippen LogP contribution in [0.25, 0.3) is 0 Å². The highest BCUT2D eigenvalue weighted by atomic mass is 16.5. The van der Waals surface area contributed by atoms with E-state index in [9.17, 15) is 14.8 Å². The number of nitrogens with two attached hydrogens (primary N) is 1. The Morgan fingerprint density at radius 2 is 1.69 bits per heavy atom. The van der Waals surface area contributed by atoms with Gasteiger partial charge in [-0.2, -0.15) is 5.06 Å². The van der Waals surface area contributed by atoms with Gasteiger partial charge in [0.25, 0.3) is 0 Å². The first-order valence-corrected chi connectivity index (χ1v) is 4.42. The topological polar surface area (TPSA) is 107 Å². The van der Waals surface area contributed by atoms with Gasteiger partial charge in [0.2, 0.25) is 11.8 Å². The number of benzene rings is 1. The van der Waals surface area contributed by atoms with Crippen LogP contribution in [-0.2, 0) is 4.79 Å². The van der Waals surface area contributed by atoms with Gasteiger partial charge in [-0.1, -0.05) is 12.1 Å². The van der Waals surface area contributed by atoms with Crippen molar-refractivity contribution in [3.63, 3.8) is 0 Å². The number of nitrogens with zero attached hydrogens (tertiary/aromatic N) is 1. The number of amides is 2. The quantitative estimate of drug-likeness (QED) is 0.290. The number of nitrogens with one attached hydrogen (secondary N) is 1. The highest BCUT2D eigenvalue weighted by molar-refractivity contribution is 6.05. The maximum atomic E-state index is 10.8. The van der Waals surface area contributed by atoms with E-state index in [0.717, 1.165) is 6.92 Å². The van der Waals surface area contributed by atoms with Gasteiger partial charge in [-0.3, -0.25) is 20.2 Å². The molecular formula is C10H11N3O3. The second kappa shape index (κ2) is 4.54. The molecule has 0 radical (unpaired) electrons. The van der Waals surface area contributed by atoms with Gasteiger partial charge >= 0.3 is 0 Å². The lowest BCUT2D eigenvalue weighted by molar-refractivity contribution is -0.146. The van der Waals surface area contributed by atoms with E-state index < -0.39 is 11.8 Å². The standard InChI is InChI=1S/C10H11N3O3/c1-6(14)13(16)9(11)7-2-4-8(5-3-7)10(12)15/h2-5,11,16H,1H3,(H2,12,15). The highest BCUT2D eigenvalue weighted by Crippen LogP contribution is 2.06. The molecule has 0 aliphatic rings. The molecule has 0 fully saturated rings. The monoisotopic (exact) mass is 221 g/mol. The fourth-order valence-corrected chi connectivity index (χ4v) is 1.07. The van der Waals surface area contributed by atoms with Gasteiger partial charge < -0.3 is 5.73 Å². The van der Waals surface area contributed by atoms with Crippen LogP contribution < -0.4 is 5.73 Å². The van der Waals surface area contributed by atoms with Crippen LogP contribution in [0.5, 0.6) is 0 Å². The molecule has 84 valence electrons. The number of amidine groups is 1. The summed E-state index contributed by atoms with van der Waals surface area (Å²) in [5, 5.41) is 16.9. The number of primary amides is 1. The first kappa shape index (κ1) is 11.9. The van der Waals surface area contributed by atoms with Gasteiger partial charge in [-0.25, -0.2) is 0 Å². The van der Waals surface area contributed by atoms with E-state index in [1.165, 1.54) is 24.3 Å². The van der Waals surface area contributed by atoms with Gasteiger partial charge in [-0.05, 0) is 12.1 Å². The van der Waals surface area contributed by atoms with E-state index >= 15 is 0 Å². The van der Waals surface area contributed by atoms with Gasteiger partial charge in [0, 0.05) is 18.1 Å². The maximum Gasteiger partial charge on any atom is 0.249 e. The lowest BCUT2D eigenvalue weighted by Crippen LogP contribution is -2.31. The molecule has 2 amide bonds. The van der Waals surface area contributed by atoms with Crippen molar-refractivity contribution in [3.05, 3.63) is 35.4 Å². The molecule has 0 aliphatic heterocycles. The Morgan fingerprint density at radius 1 is 1.25 bits per heavy atom. The molecule has 6 nitrogen and oxygen atoms in total. The normalized spacial score (nSPS) is 9.62. The Balaban J connectivity index is 2.94. The smallest absolute Gasteiger partial charge is 0.249 e.